The number of rotatable bonds is 5. The van der Waals surface area contributed by atoms with Crippen LogP contribution in [0.4, 0.5) is 5.69 Å². The van der Waals surface area contributed by atoms with Gasteiger partial charge in [-0.25, -0.2) is 0 Å². The Morgan fingerprint density at radius 2 is 1.78 bits per heavy atom. The van der Waals surface area contributed by atoms with Crippen LogP contribution in [-0.4, -0.2) is 35.8 Å². The molecule has 0 amide bonds. The Hall–Kier alpha value is -3.08. The fraction of sp³-hybridized carbons (Fsp3) is 0.118. The Bertz CT molecular complexity index is 1060. The van der Waals surface area contributed by atoms with E-state index >= 15 is 0 Å². The molecule has 0 aliphatic heterocycles. The highest BCUT2D eigenvalue weighted by molar-refractivity contribution is 7.85. The Morgan fingerprint density at radius 1 is 1.11 bits per heavy atom. The van der Waals surface area contributed by atoms with Crippen molar-refractivity contribution < 1.29 is 32.5 Å². The Balaban J connectivity index is 1.98. The van der Waals surface area contributed by atoms with E-state index in [2.05, 4.69) is 5.43 Å². The van der Waals surface area contributed by atoms with Crippen LogP contribution in [0, 0.1) is 4.91 Å². The van der Waals surface area contributed by atoms with Gasteiger partial charge in [-0.3, -0.25) is 9.35 Å². The number of nitrogens with zero attached hydrogens (tertiary/aromatic N) is 1. The fourth-order valence-electron chi connectivity index (χ4n) is 2.63. The normalized spacial score (nSPS) is 18.7. The zero-order chi connectivity index (χ0) is 19.8. The number of methoxy groups -OCH3 is 1. The van der Waals surface area contributed by atoms with Gasteiger partial charge in [0.1, 0.15) is 5.75 Å². The fourth-order valence-corrected chi connectivity index (χ4v) is 3.15. The Kier molecular flexibility index (Phi) is 4.56. The summed E-state index contributed by atoms with van der Waals surface area (Å²) in [5.41, 5.74) is 0.00409. The Labute approximate surface area is 154 Å². The third-order valence-electron chi connectivity index (χ3n) is 4.05. The molecule has 2 aromatic carbocycles. The summed E-state index contributed by atoms with van der Waals surface area (Å²) in [5, 5.41) is 10.8. The first kappa shape index (κ1) is 18.7. The number of benzene rings is 2. The van der Waals surface area contributed by atoms with Crippen molar-refractivity contribution in [2.75, 3.05) is 7.11 Å². The number of carbonyl (C=O) groups is 1. The predicted molar refractivity (Wildman–Crippen MR) is 93.6 cm³/mol. The molecule has 0 spiro atoms. The molecule has 10 heteroatoms. The predicted octanol–water partition coefficient (Wildman–Crippen LogP) is 1.30. The van der Waals surface area contributed by atoms with E-state index in [4.69, 9.17) is 9.29 Å². The first-order chi connectivity index (χ1) is 12.6. The molecule has 2 aromatic rings. The number of nitroso groups, excluding NO2 is 1. The van der Waals surface area contributed by atoms with Gasteiger partial charge < -0.3 is 9.84 Å². The summed E-state index contributed by atoms with van der Waals surface area (Å²) in [6, 6.07) is 9.16. The van der Waals surface area contributed by atoms with Crippen molar-refractivity contribution in [1.82, 2.24) is 5.43 Å². The highest BCUT2D eigenvalue weighted by Gasteiger charge is 2.46. The molecule has 3 rings (SSSR count). The van der Waals surface area contributed by atoms with Crippen LogP contribution in [0.2, 0.25) is 0 Å². The van der Waals surface area contributed by atoms with Gasteiger partial charge in [0.15, 0.2) is 4.87 Å². The molecule has 0 radical (unpaired) electrons. The molecule has 0 heterocycles. The largest absolute Gasteiger partial charge is 0.497 e. The molecule has 0 fully saturated rings. The van der Waals surface area contributed by atoms with Crippen LogP contribution >= 0.6 is 0 Å². The maximum atomic E-state index is 12.4. The van der Waals surface area contributed by atoms with Gasteiger partial charge >= 0.3 is 0 Å². The van der Waals surface area contributed by atoms with Crippen LogP contribution in [0.15, 0.2) is 53.4 Å². The molecule has 0 aromatic heterocycles. The molecule has 0 saturated carbocycles. The summed E-state index contributed by atoms with van der Waals surface area (Å²) in [5.74, 6) is -0.297. The van der Waals surface area contributed by atoms with Gasteiger partial charge in [-0.05, 0) is 35.9 Å². The van der Waals surface area contributed by atoms with Crippen LogP contribution in [0.5, 0.6) is 5.75 Å². The molecule has 0 bridgehead atoms. The molecule has 9 nitrogen and oxygen atoms in total. The maximum Gasteiger partial charge on any atom is 0.294 e. The highest BCUT2D eigenvalue weighted by atomic mass is 32.2. The lowest BCUT2D eigenvalue weighted by Crippen LogP contribution is -2.52. The van der Waals surface area contributed by atoms with Gasteiger partial charge in [-0.1, -0.05) is 12.1 Å². The molecule has 1 atom stereocenters. The van der Waals surface area contributed by atoms with Gasteiger partial charge in [0.2, 0.25) is 5.78 Å². The van der Waals surface area contributed by atoms with Crippen molar-refractivity contribution in [2.24, 2.45) is 0 Å². The zero-order valence-corrected chi connectivity index (χ0v) is 14.8. The molecule has 140 valence electrons. The molecular weight excluding hydrogens is 376 g/mol. The minimum atomic E-state index is -4.46. The van der Waals surface area contributed by atoms with Crippen LogP contribution in [0.3, 0.4) is 0 Å². The summed E-state index contributed by atoms with van der Waals surface area (Å²) < 4.78 is 36.7. The van der Waals surface area contributed by atoms with Crippen molar-refractivity contribution in [3.63, 3.8) is 0 Å². The summed E-state index contributed by atoms with van der Waals surface area (Å²) in [7, 11) is -3.00. The molecule has 3 N–H and O–H groups in total. The third-order valence-corrected chi connectivity index (χ3v) is 4.90. The summed E-state index contributed by atoms with van der Waals surface area (Å²) >= 11 is 0. The molecule has 1 unspecified atom stereocenters. The van der Waals surface area contributed by atoms with E-state index in [9.17, 15) is 23.2 Å². The van der Waals surface area contributed by atoms with E-state index in [0.29, 0.717) is 5.75 Å². The van der Waals surface area contributed by atoms with Gasteiger partial charge in [0.05, 0.1) is 16.9 Å². The lowest BCUT2D eigenvalue weighted by molar-refractivity contribution is -0.555. The van der Waals surface area contributed by atoms with E-state index in [1.807, 2.05) is 0 Å². The number of ketones is 1. The number of aliphatic hydroxyl groups is 1. The van der Waals surface area contributed by atoms with Gasteiger partial charge in [0.25, 0.3) is 21.5 Å². The second-order valence-corrected chi connectivity index (χ2v) is 7.16. The van der Waals surface area contributed by atoms with Crippen molar-refractivity contribution in [2.45, 2.75) is 10.6 Å². The van der Waals surface area contributed by atoms with E-state index in [-0.39, 0.29) is 21.7 Å². The molecule has 1 aliphatic rings. The quantitative estimate of drug-likeness (QED) is 0.301. The number of fused-ring (bicyclic) bond motifs is 1. The first-order valence-electron chi connectivity index (χ1n) is 7.61. The van der Waals surface area contributed by atoms with Crippen molar-refractivity contribution in [3.05, 3.63) is 64.6 Å². The number of hydrogen-bond acceptors (Lipinski definition) is 6. The number of hydrogen-bond donors (Lipinski definition) is 3. The van der Waals surface area contributed by atoms with Gasteiger partial charge in [0, 0.05) is 17.7 Å². The number of hydrazine groups is 1. The van der Waals surface area contributed by atoms with Crippen molar-refractivity contribution >= 4 is 27.7 Å². The standard InChI is InChI=1S/C17H14N2O7S/c1-26-13-5-3-12(4-6-13)19(22)18-17(21)15-8-7-14(27(23,24)25)10-11(15)2-9-16(17)20/h2-10,21H,1H3,(H-,18,22,23,24,25)/p+1. The maximum absolute atomic E-state index is 12.4. The zero-order valence-electron chi connectivity index (χ0n) is 14.0. The lowest BCUT2D eigenvalue weighted by Gasteiger charge is -2.26. The van der Waals surface area contributed by atoms with Gasteiger partial charge in [-0.15, -0.1) is 5.43 Å². The van der Waals surface area contributed by atoms with Crippen LogP contribution in [0.25, 0.3) is 6.08 Å². The Morgan fingerprint density at radius 3 is 2.37 bits per heavy atom. The average molecular weight is 391 g/mol. The topological polar surface area (TPSA) is 133 Å². The number of nitrogens with one attached hydrogen (secondary N) is 1. The van der Waals surface area contributed by atoms with E-state index in [1.54, 1.807) is 0 Å². The SMILES string of the molecule is COc1ccc([N+](=O)NC2(O)C(=O)C=Cc3cc(S(=O)(=O)O)ccc32)cc1. The van der Waals surface area contributed by atoms with Crippen molar-refractivity contribution in [3.8, 4) is 5.75 Å². The van der Waals surface area contributed by atoms with Crippen LogP contribution < -0.4 is 10.2 Å². The smallest absolute Gasteiger partial charge is 0.294 e. The molecular formula is C17H15N2O7S+. The molecule has 0 saturated heterocycles. The summed E-state index contributed by atoms with van der Waals surface area (Å²) in [6.45, 7) is 0. The van der Waals surface area contributed by atoms with Gasteiger partial charge in [-0.2, -0.15) is 8.42 Å². The minimum Gasteiger partial charge on any atom is -0.497 e. The summed E-state index contributed by atoms with van der Waals surface area (Å²) in [4.78, 5) is 24.5. The number of carbonyl (C=O) groups excluding carboxylic acids is 1. The monoisotopic (exact) mass is 391 g/mol. The average Bonchev–Trinajstić information content (AvgIpc) is 2.64. The van der Waals surface area contributed by atoms with E-state index < -0.39 is 26.5 Å². The molecule has 27 heavy (non-hydrogen) atoms. The third kappa shape index (κ3) is 3.45. The van der Waals surface area contributed by atoms with Crippen LogP contribution in [0.1, 0.15) is 11.1 Å². The number of ether oxygens (including phenoxy) is 1. The second-order valence-electron chi connectivity index (χ2n) is 5.74. The first-order valence-corrected chi connectivity index (χ1v) is 9.05. The summed E-state index contributed by atoms with van der Waals surface area (Å²) in [6.07, 6.45) is 2.29. The lowest BCUT2D eigenvalue weighted by atomic mass is 9.89. The van der Waals surface area contributed by atoms with Crippen LogP contribution in [-0.2, 0) is 20.6 Å². The van der Waals surface area contributed by atoms with Crippen molar-refractivity contribution in [1.29, 1.82) is 0 Å². The second kappa shape index (κ2) is 6.58. The van der Waals surface area contributed by atoms with E-state index in [1.165, 1.54) is 37.5 Å². The molecule has 1 aliphatic carbocycles. The highest BCUT2D eigenvalue weighted by Crippen LogP contribution is 2.32. The van der Waals surface area contributed by atoms with E-state index in [0.717, 1.165) is 24.3 Å². The minimum absolute atomic E-state index is 0.0308.